The average Bonchev–Trinajstić information content (AvgIpc) is 2.91. The van der Waals surface area contributed by atoms with Crippen LogP contribution in [0.4, 0.5) is 0 Å². The van der Waals surface area contributed by atoms with Gasteiger partial charge in [-0.15, -0.1) is 0 Å². The van der Waals surface area contributed by atoms with Crippen LogP contribution in [0.25, 0.3) is 0 Å². The largest absolute Gasteiger partial charge is 0.376 e. The highest BCUT2D eigenvalue weighted by Gasteiger charge is 2.25. The number of amides is 1. The molecule has 1 amide bonds. The molecule has 1 aliphatic heterocycles. The Morgan fingerprint density at radius 1 is 1.48 bits per heavy atom. The number of carbonyl (C=O) groups is 1. The zero-order chi connectivity index (χ0) is 15.6. The first-order chi connectivity index (χ1) is 9.79. The van der Waals surface area contributed by atoms with Crippen molar-refractivity contribution in [3.05, 3.63) is 29.3 Å². The maximum atomic E-state index is 12.3. The summed E-state index contributed by atoms with van der Waals surface area (Å²) < 4.78 is 28.3. The Labute approximate surface area is 129 Å². The van der Waals surface area contributed by atoms with Crippen molar-refractivity contribution in [2.75, 3.05) is 6.61 Å². The first-order valence-corrected chi connectivity index (χ1v) is 9.08. The zero-order valence-electron chi connectivity index (χ0n) is 11.9. The van der Waals surface area contributed by atoms with Crippen molar-refractivity contribution in [3.8, 4) is 0 Å². The molecule has 2 atom stereocenters. The van der Waals surface area contributed by atoms with Crippen LogP contribution in [0.1, 0.15) is 35.7 Å². The van der Waals surface area contributed by atoms with Crippen molar-refractivity contribution in [2.24, 2.45) is 0 Å². The van der Waals surface area contributed by atoms with Gasteiger partial charge in [-0.2, -0.15) is 0 Å². The molecular formula is C14H18ClNO4S. The van der Waals surface area contributed by atoms with E-state index < -0.39 is 9.05 Å². The van der Waals surface area contributed by atoms with E-state index in [1.165, 1.54) is 12.1 Å². The van der Waals surface area contributed by atoms with Crippen LogP contribution < -0.4 is 5.32 Å². The molecule has 0 radical (unpaired) electrons. The SMILES string of the molecule is Cc1ccc(S(=O)(=O)Cl)cc1C(=O)NC(C)C1CCCO1. The van der Waals surface area contributed by atoms with Gasteiger partial charge < -0.3 is 10.1 Å². The van der Waals surface area contributed by atoms with Gasteiger partial charge in [-0.05, 0) is 44.4 Å². The zero-order valence-corrected chi connectivity index (χ0v) is 13.5. The van der Waals surface area contributed by atoms with E-state index in [0.29, 0.717) is 17.7 Å². The summed E-state index contributed by atoms with van der Waals surface area (Å²) in [6, 6.07) is 4.13. The summed E-state index contributed by atoms with van der Waals surface area (Å²) in [4.78, 5) is 12.2. The molecule has 0 bridgehead atoms. The Kier molecular flexibility index (Phi) is 4.91. The Balaban J connectivity index is 2.18. The van der Waals surface area contributed by atoms with Crippen molar-refractivity contribution >= 4 is 25.6 Å². The second-order valence-electron chi connectivity index (χ2n) is 5.23. The molecule has 1 fully saturated rings. The van der Waals surface area contributed by atoms with E-state index in [9.17, 15) is 13.2 Å². The van der Waals surface area contributed by atoms with Crippen LogP contribution in [-0.2, 0) is 13.8 Å². The van der Waals surface area contributed by atoms with Gasteiger partial charge in [-0.3, -0.25) is 4.79 Å². The molecule has 7 heteroatoms. The van der Waals surface area contributed by atoms with Crippen LogP contribution in [0, 0.1) is 6.92 Å². The lowest BCUT2D eigenvalue weighted by atomic mass is 10.1. The topological polar surface area (TPSA) is 72.5 Å². The van der Waals surface area contributed by atoms with Gasteiger partial charge in [0.25, 0.3) is 15.0 Å². The smallest absolute Gasteiger partial charge is 0.261 e. The lowest BCUT2D eigenvalue weighted by Crippen LogP contribution is -2.41. The summed E-state index contributed by atoms with van der Waals surface area (Å²) in [5.41, 5.74) is 0.998. The van der Waals surface area contributed by atoms with Gasteiger partial charge in [0.1, 0.15) is 0 Å². The van der Waals surface area contributed by atoms with Crippen molar-refractivity contribution in [1.29, 1.82) is 0 Å². The molecule has 0 saturated carbocycles. The fourth-order valence-corrected chi connectivity index (χ4v) is 3.15. The summed E-state index contributed by atoms with van der Waals surface area (Å²) >= 11 is 0. The molecule has 5 nitrogen and oxygen atoms in total. The molecule has 1 aliphatic rings. The van der Waals surface area contributed by atoms with Gasteiger partial charge in [-0.25, -0.2) is 8.42 Å². The van der Waals surface area contributed by atoms with Gasteiger partial charge in [0.2, 0.25) is 0 Å². The number of halogens is 1. The molecule has 2 unspecified atom stereocenters. The van der Waals surface area contributed by atoms with Crippen LogP contribution in [0.5, 0.6) is 0 Å². The normalized spacial score (nSPS) is 20.2. The predicted molar refractivity (Wildman–Crippen MR) is 80.1 cm³/mol. The molecule has 2 rings (SSSR count). The van der Waals surface area contributed by atoms with E-state index in [1.807, 2.05) is 6.92 Å². The van der Waals surface area contributed by atoms with Crippen molar-refractivity contribution in [2.45, 2.75) is 43.7 Å². The van der Waals surface area contributed by atoms with E-state index in [1.54, 1.807) is 13.0 Å². The maximum Gasteiger partial charge on any atom is 0.261 e. The first-order valence-electron chi connectivity index (χ1n) is 6.77. The third-order valence-corrected chi connectivity index (χ3v) is 4.97. The Bertz CT molecular complexity index is 638. The van der Waals surface area contributed by atoms with E-state index in [4.69, 9.17) is 15.4 Å². The lowest BCUT2D eigenvalue weighted by Gasteiger charge is -2.20. The third kappa shape index (κ3) is 3.96. The van der Waals surface area contributed by atoms with Crippen LogP contribution in [0.15, 0.2) is 23.1 Å². The molecule has 21 heavy (non-hydrogen) atoms. The average molecular weight is 332 g/mol. The molecule has 1 N–H and O–H groups in total. The molecule has 1 saturated heterocycles. The highest BCUT2D eigenvalue weighted by atomic mass is 35.7. The van der Waals surface area contributed by atoms with Crippen molar-refractivity contribution in [3.63, 3.8) is 0 Å². The summed E-state index contributed by atoms with van der Waals surface area (Å²) in [6.07, 6.45) is 1.91. The number of ether oxygens (including phenoxy) is 1. The Morgan fingerprint density at radius 3 is 2.76 bits per heavy atom. The molecule has 0 aromatic heterocycles. The summed E-state index contributed by atoms with van der Waals surface area (Å²) in [7, 11) is 1.47. The third-order valence-electron chi connectivity index (χ3n) is 3.62. The van der Waals surface area contributed by atoms with E-state index in [-0.39, 0.29) is 22.9 Å². The van der Waals surface area contributed by atoms with E-state index >= 15 is 0 Å². The molecule has 116 valence electrons. The first kappa shape index (κ1) is 16.3. The number of nitrogens with one attached hydrogen (secondary N) is 1. The standard InChI is InChI=1S/C14H18ClNO4S/c1-9-5-6-11(21(15,18)19)8-12(9)14(17)16-10(2)13-4-3-7-20-13/h5-6,8,10,13H,3-4,7H2,1-2H3,(H,16,17). The van der Waals surface area contributed by atoms with Crippen LogP contribution in [0.2, 0.25) is 0 Å². The molecule has 1 aromatic rings. The van der Waals surface area contributed by atoms with Gasteiger partial charge >= 0.3 is 0 Å². The van der Waals surface area contributed by atoms with Crippen LogP contribution >= 0.6 is 10.7 Å². The van der Waals surface area contributed by atoms with Crippen molar-refractivity contribution < 1.29 is 17.9 Å². The number of carbonyl (C=O) groups excluding carboxylic acids is 1. The molecule has 0 spiro atoms. The Hall–Kier alpha value is -1.11. The highest BCUT2D eigenvalue weighted by molar-refractivity contribution is 8.13. The molecular weight excluding hydrogens is 314 g/mol. The number of rotatable bonds is 4. The summed E-state index contributed by atoms with van der Waals surface area (Å²) in [5, 5.41) is 2.86. The van der Waals surface area contributed by atoms with Crippen LogP contribution in [-0.4, -0.2) is 33.1 Å². The second kappa shape index (κ2) is 6.34. The van der Waals surface area contributed by atoms with Gasteiger partial charge in [-0.1, -0.05) is 6.07 Å². The van der Waals surface area contributed by atoms with Gasteiger partial charge in [0, 0.05) is 22.9 Å². The monoisotopic (exact) mass is 331 g/mol. The molecule has 1 heterocycles. The number of benzene rings is 1. The van der Waals surface area contributed by atoms with Crippen LogP contribution in [0.3, 0.4) is 0 Å². The van der Waals surface area contributed by atoms with E-state index in [0.717, 1.165) is 12.8 Å². The number of hydrogen-bond donors (Lipinski definition) is 1. The molecule has 1 aromatic carbocycles. The maximum absolute atomic E-state index is 12.3. The van der Waals surface area contributed by atoms with Gasteiger partial charge in [0.05, 0.1) is 17.0 Å². The second-order valence-corrected chi connectivity index (χ2v) is 7.79. The molecule has 0 aliphatic carbocycles. The van der Waals surface area contributed by atoms with Crippen molar-refractivity contribution in [1.82, 2.24) is 5.32 Å². The lowest BCUT2D eigenvalue weighted by molar-refractivity contribution is 0.0712. The minimum Gasteiger partial charge on any atom is -0.376 e. The summed E-state index contributed by atoms with van der Waals surface area (Å²) in [5.74, 6) is -0.322. The number of hydrogen-bond acceptors (Lipinski definition) is 4. The fraction of sp³-hybridized carbons (Fsp3) is 0.500. The quantitative estimate of drug-likeness (QED) is 0.859. The summed E-state index contributed by atoms with van der Waals surface area (Å²) in [6.45, 7) is 4.34. The highest BCUT2D eigenvalue weighted by Crippen LogP contribution is 2.20. The van der Waals surface area contributed by atoms with E-state index in [2.05, 4.69) is 5.32 Å². The fourth-order valence-electron chi connectivity index (χ4n) is 2.37. The minimum absolute atomic E-state index is 0.00852. The Morgan fingerprint density at radius 2 is 2.19 bits per heavy atom. The number of aryl methyl sites for hydroxylation is 1. The predicted octanol–water partition coefficient (Wildman–Crippen LogP) is 2.22. The van der Waals surface area contributed by atoms with Gasteiger partial charge in [0.15, 0.2) is 0 Å². The minimum atomic E-state index is -3.85.